The Morgan fingerprint density at radius 2 is 2.22 bits per heavy atom. The zero-order valence-corrected chi connectivity index (χ0v) is 11.4. The van der Waals surface area contributed by atoms with Crippen LogP contribution in [0.15, 0.2) is 0 Å². The highest BCUT2D eigenvalue weighted by molar-refractivity contribution is 5.78. The highest BCUT2D eigenvalue weighted by Crippen LogP contribution is 2.14. The molecule has 2 fully saturated rings. The van der Waals surface area contributed by atoms with Crippen molar-refractivity contribution in [2.75, 3.05) is 59.5 Å². The van der Waals surface area contributed by atoms with E-state index in [1.807, 2.05) is 11.9 Å². The summed E-state index contributed by atoms with van der Waals surface area (Å²) in [5, 5.41) is 3.30. The Morgan fingerprint density at radius 3 is 2.89 bits per heavy atom. The molecule has 1 atom stereocenters. The van der Waals surface area contributed by atoms with Crippen LogP contribution in [0.4, 0.5) is 0 Å². The summed E-state index contributed by atoms with van der Waals surface area (Å²) in [6.45, 7) is 7.04. The SMILES string of the molecule is CN(CC1CCCOC1)C(=O)CN1CCNCC1. The summed E-state index contributed by atoms with van der Waals surface area (Å²) in [4.78, 5) is 16.2. The van der Waals surface area contributed by atoms with Gasteiger partial charge in [-0.15, -0.1) is 0 Å². The summed E-state index contributed by atoms with van der Waals surface area (Å²) in [5.74, 6) is 0.762. The predicted molar refractivity (Wildman–Crippen MR) is 70.5 cm³/mol. The van der Waals surface area contributed by atoms with Gasteiger partial charge in [-0.3, -0.25) is 9.69 Å². The molecule has 0 bridgehead atoms. The molecule has 2 rings (SSSR count). The van der Waals surface area contributed by atoms with Crippen LogP contribution in [-0.4, -0.2) is 75.2 Å². The van der Waals surface area contributed by atoms with Gasteiger partial charge >= 0.3 is 0 Å². The van der Waals surface area contributed by atoms with Gasteiger partial charge in [0.1, 0.15) is 0 Å². The lowest BCUT2D eigenvalue weighted by molar-refractivity contribution is -0.132. The Balaban J connectivity index is 1.69. The number of carbonyl (C=O) groups is 1. The largest absolute Gasteiger partial charge is 0.381 e. The molecule has 0 aromatic heterocycles. The molecule has 1 amide bonds. The standard InChI is InChI=1S/C13H25N3O2/c1-15(9-12-3-2-8-18-11-12)13(17)10-16-6-4-14-5-7-16/h12,14H,2-11H2,1H3. The minimum Gasteiger partial charge on any atom is -0.381 e. The molecule has 2 aliphatic rings. The Bertz CT molecular complexity index is 261. The second-order valence-corrected chi connectivity index (χ2v) is 5.38. The van der Waals surface area contributed by atoms with Gasteiger partial charge in [0, 0.05) is 46.4 Å². The van der Waals surface area contributed by atoms with Gasteiger partial charge in [-0.05, 0) is 18.8 Å². The van der Waals surface area contributed by atoms with Gasteiger partial charge in [0.25, 0.3) is 0 Å². The quantitative estimate of drug-likeness (QED) is 0.754. The van der Waals surface area contributed by atoms with E-state index in [4.69, 9.17) is 4.74 Å². The molecule has 0 aromatic rings. The van der Waals surface area contributed by atoms with E-state index in [0.29, 0.717) is 12.5 Å². The van der Waals surface area contributed by atoms with Gasteiger partial charge in [-0.1, -0.05) is 0 Å². The number of rotatable bonds is 4. The Morgan fingerprint density at radius 1 is 1.44 bits per heavy atom. The third kappa shape index (κ3) is 4.23. The van der Waals surface area contributed by atoms with Crippen LogP contribution in [0.1, 0.15) is 12.8 Å². The molecule has 18 heavy (non-hydrogen) atoms. The summed E-state index contributed by atoms with van der Waals surface area (Å²) >= 11 is 0. The van der Waals surface area contributed by atoms with Crippen molar-refractivity contribution in [1.82, 2.24) is 15.1 Å². The number of hydrogen-bond acceptors (Lipinski definition) is 4. The molecule has 0 radical (unpaired) electrons. The first-order valence-electron chi connectivity index (χ1n) is 7.00. The number of nitrogens with zero attached hydrogens (tertiary/aromatic N) is 2. The topological polar surface area (TPSA) is 44.8 Å². The van der Waals surface area contributed by atoms with Crippen molar-refractivity contribution < 1.29 is 9.53 Å². The Labute approximate surface area is 109 Å². The second kappa shape index (κ2) is 7.07. The van der Waals surface area contributed by atoms with E-state index >= 15 is 0 Å². The average molecular weight is 255 g/mol. The fourth-order valence-corrected chi connectivity index (χ4v) is 2.62. The number of hydrogen-bond donors (Lipinski definition) is 1. The molecule has 5 nitrogen and oxygen atoms in total. The third-order valence-electron chi connectivity index (χ3n) is 3.78. The molecule has 1 N–H and O–H groups in total. The first kappa shape index (κ1) is 13.8. The summed E-state index contributed by atoms with van der Waals surface area (Å²) in [6, 6.07) is 0. The molecule has 2 saturated heterocycles. The lowest BCUT2D eigenvalue weighted by atomic mass is 10.0. The number of likely N-dealkylation sites (N-methyl/N-ethyl adjacent to an activating group) is 1. The van der Waals surface area contributed by atoms with E-state index in [0.717, 1.165) is 52.4 Å². The summed E-state index contributed by atoms with van der Waals surface area (Å²) < 4.78 is 5.46. The zero-order chi connectivity index (χ0) is 12.8. The molecule has 0 spiro atoms. The maximum atomic E-state index is 12.1. The fourth-order valence-electron chi connectivity index (χ4n) is 2.62. The monoisotopic (exact) mass is 255 g/mol. The van der Waals surface area contributed by atoms with Crippen molar-refractivity contribution in [3.05, 3.63) is 0 Å². The Hall–Kier alpha value is -0.650. The van der Waals surface area contributed by atoms with E-state index in [1.165, 1.54) is 6.42 Å². The first-order chi connectivity index (χ1) is 8.75. The van der Waals surface area contributed by atoms with Gasteiger partial charge in [0.05, 0.1) is 13.2 Å². The number of carbonyl (C=O) groups excluding carboxylic acids is 1. The van der Waals surface area contributed by atoms with Crippen molar-refractivity contribution in [2.45, 2.75) is 12.8 Å². The molecular formula is C13H25N3O2. The van der Waals surface area contributed by atoms with E-state index in [9.17, 15) is 4.79 Å². The van der Waals surface area contributed by atoms with Crippen LogP contribution < -0.4 is 5.32 Å². The van der Waals surface area contributed by atoms with Crippen LogP contribution in [0.25, 0.3) is 0 Å². The van der Waals surface area contributed by atoms with Crippen LogP contribution >= 0.6 is 0 Å². The van der Waals surface area contributed by atoms with Gasteiger partial charge in [-0.2, -0.15) is 0 Å². The maximum absolute atomic E-state index is 12.1. The first-order valence-corrected chi connectivity index (χ1v) is 7.00. The lowest BCUT2D eigenvalue weighted by Gasteiger charge is -2.31. The van der Waals surface area contributed by atoms with E-state index < -0.39 is 0 Å². The van der Waals surface area contributed by atoms with E-state index in [2.05, 4.69) is 10.2 Å². The number of amides is 1. The highest BCUT2D eigenvalue weighted by Gasteiger charge is 2.20. The average Bonchev–Trinajstić information content (AvgIpc) is 2.41. The van der Waals surface area contributed by atoms with Crippen molar-refractivity contribution in [2.24, 2.45) is 5.92 Å². The van der Waals surface area contributed by atoms with E-state index in [-0.39, 0.29) is 5.91 Å². The van der Waals surface area contributed by atoms with Crippen molar-refractivity contribution >= 4 is 5.91 Å². The van der Waals surface area contributed by atoms with Gasteiger partial charge in [0.15, 0.2) is 0 Å². The number of piperazine rings is 1. The van der Waals surface area contributed by atoms with Gasteiger partial charge in [-0.25, -0.2) is 0 Å². The zero-order valence-electron chi connectivity index (χ0n) is 11.4. The van der Waals surface area contributed by atoms with Crippen LogP contribution in [0.2, 0.25) is 0 Å². The molecule has 2 aliphatic heterocycles. The second-order valence-electron chi connectivity index (χ2n) is 5.38. The summed E-state index contributed by atoms with van der Waals surface area (Å²) in [7, 11) is 1.92. The normalized spacial score (nSPS) is 25.9. The van der Waals surface area contributed by atoms with Crippen molar-refractivity contribution in [3.63, 3.8) is 0 Å². The van der Waals surface area contributed by atoms with Crippen LogP contribution in [0, 0.1) is 5.92 Å². The molecule has 5 heteroatoms. The molecule has 104 valence electrons. The van der Waals surface area contributed by atoms with Gasteiger partial charge in [0.2, 0.25) is 5.91 Å². The molecular weight excluding hydrogens is 230 g/mol. The van der Waals surface area contributed by atoms with Crippen molar-refractivity contribution in [3.8, 4) is 0 Å². The summed E-state index contributed by atoms with van der Waals surface area (Å²) in [6.07, 6.45) is 2.32. The van der Waals surface area contributed by atoms with Crippen LogP contribution in [-0.2, 0) is 9.53 Å². The van der Waals surface area contributed by atoms with Crippen molar-refractivity contribution in [1.29, 1.82) is 0 Å². The molecule has 0 saturated carbocycles. The molecule has 1 unspecified atom stereocenters. The number of nitrogens with one attached hydrogen (secondary N) is 1. The number of ether oxygens (including phenoxy) is 1. The highest BCUT2D eigenvalue weighted by atomic mass is 16.5. The molecule has 0 aliphatic carbocycles. The lowest BCUT2D eigenvalue weighted by Crippen LogP contribution is -2.48. The smallest absolute Gasteiger partial charge is 0.236 e. The molecule has 0 aromatic carbocycles. The maximum Gasteiger partial charge on any atom is 0.236 e. The third-order valence-corrected chi connectivity index (χ3v) is 3.78. The predicted octanol–water partition coefficient (Wildman–Crippen LogP) is -0.223. The molecule has 2 heterocycles. The van der Waals surface area contributed by atoms with Crippen LogP contribution in [0.5, 0.6) is 0 Å². The Kier molecular flexibility index (Phi) is 5.41. The van der Waals surface area contributed by atoms with E-state index in [1.54, 1.807) is 0 Å². The minimum absolute atomic E-state index is 0.238. The van der Waals surface area contributed by atoms with Gasteiger partial charge < -0.3 is 15.0 Å². The fraction of sp³-hybridized carbons (Fsp3) is 0.923. The minimum atomic E-state index is 0.238. The van der Waals surface area contributed by atoms with Crippen LogP contribution in [0.3, 0.4) is 0 Å². The summed E-state index contributed by atoms with van der Waals surface area (Å²) in [5.41, 5.74) is 0.